The standard InChI is InChI=1S/C9H11BrN4/c1-5(2)8-12-13-9-7(11)3-6(10)4-14(8)9/h3-5H,11H2,1-2H3. The predicted octanol–water partition coefficient (Wildman–Crippen LogP) is 2.20. The van der Waals surface area contributed by atoms with Crippen LogP contribution in [0.3, 0.4) is 0 Å². The van der Waals surface area contributed by atoms with Crippen molar-refractivity contribution in [3.63, 3.8) is 0 Å². The first-order valence-corrected chi connectivity index (χ1v) is 5.18. The molecule has 0 spiro atoms. The molecule has 0 radical (unpaired) electrons. The Morgan fingerprint density at radius 3 is 2.79 bits per heavy atom. The van der Waals surface area contributed by atoms with Gasteiger partial charge in [0.05, 0.1) is 5.69 Å². The van der Waals surface area contributed by atoms with Crippen molar-refractivity contribution < 1.29 is 0 Å². The van der Waals surface area contributed by atoms with Crippen LogP contribution >= 0.6 is 15.9 Å². The van der Waals surface area contributed by atoms with Gasteiger partial charge in [0, 0.05) is 16.6 Å². The van der Waals surface area contributed by atoms with Crippen LogP contribution in [-0.2, 0) is 0 Å². The zero-order valence-corrected chi connectivity index (χ0v) is 9.62. The smallest absolute Gasteiger partial charge is 0.184 e. The Labute approximate surface area is 90.3 Å². The lowest BCUT2D eigenvalue weighted by Gasteiger charge is -2.04. The van der Waals surface area contributed by atoms with Gasteiger partial charge in [0.25, 0.3) is 0 Å². The van der Waals surface area contributed by atoms with E-state index in [0.717, 1.165) is 15.9 Å². The average Bonchev–Trinajstić information content (AvgIpc) is 2.47. The molecule has 0 saturated heterocycles. The molecule has 0 saturated carbocycles. The lowest BCUT2D eigenvalue weighted by Crippen LogP contribution is -1.98. The van der Waals surface area contributed by atoms with Crippen LogP contribution in [0.15, 0.2) is 16.7 Å². The first-order valence-electron chi connectivity index (χ1n) is 4.39. The van der Waals surface area contributed by atoms with E-state index in [1.165, 1.54) is 0 Å². The highest BCUT2D eigenvalue weighted by Gasteiger charge is 2.11. The second-order valence-electron chi connectivity index (χ2n) is 3.52. The number of hydrogen-bond acceptors (Lipinski definition) is 3. The predicted molar refractivity (Wildman–Crippen MR) is 59.2 cm³/mol. The minimum Gasteiger partial charge on any atom is -0.396 e. The molecule has 0 unspecified atom stereocenters. The molecule has 2 heterocycles. The Kier molecular flexibility index (Phi) is 2.19. The number of nitrogen functional groups attached to an aromatic ring is 1. The van der Waals surface area contributed by atoms with E-state index in [9.17, 15) is 0 Å². The molecule has 5 heteroatoms. The summed E-state index contributed by atoms with van der Waals surface area (Å²) in [5.41, 5.74) is 7.17. The second-order valence-corrected chi connectivity index (χ2v) is 4.44. The molecule has 4 nitrogen and oxygen atoms in total. The third kappa shape index (κ3) is 1.37. The number of anilines is 1. The van der Waals surface area contributed by atoms with E-state index in [1.54, 1.807) is 0 Å². The molecule has 0 aliphatic carbocycles. The van der Waals surface area contributed by atoms with Gasteiger partial charge in [-0.1, -0.05) is 13.8 Å². The summed E-state index contributed by atoms with van der Waals surface area (Å²) in [6.45, 7) is 4.15. The molecule has 0 amide bonds. The fourth-order valence-electron chi connectivity index (χ4n) is 1.39. The summed E-state index contributed by atoms with van der Waals surface area (Å²) < 4.78 is 2.86. The fourth-order valence-corrected chi connectivity index (χ4v) is 1.85. The van der Waals surface area contributed by atoms with Crippen LogP contribution in [0.1, 0.15) is 25.6 Å². The molecule has 14 heavy (non-hydrogen) atoms. The monoisotopic (exact) mass is 254 g/mol. The molecular weight excluding hydrogens is 244 g/mol. The third-order valence-electron chi connectivity index (χ3n) is 2.04. The van der Waals surface area contributed by atoms with E-state index in [2.05, 4.69) is 40.0 Å². The van der Waals surface area contributed by atoms with E-state index < -0.39 is 0 Å². The topological polar surface area (TPSA) is 56.2 Å². The molecule has 74 valence electrons. The minimum absolute atomic E-state index is 0.332. The van der Waals surface area contributed by atoms with Crippen LogP contribution in [0.4, 0.5) is 5.69 Å². The number of rotatable bonds is 1. The van der Waals surface area contributed by atoms with Gasteiger partial charge in [-0.15, -0.1) is 10.2 Å². The summed E-state index contributed by atoms with van der Waals surface area (Å²) in [5.74, 6) is 1.26. The van der Waals surface area contributed by atoms with Crippen LogP contribution in [0.2, 0.25) is 0 Å². The fraction of sp³-hybridized carbons (Fsp3) is 0.333. The zero-order chi connectivity index (χ0) is 10.3. The second kappa shape index (κ2) is 3.24. The van der Waals surface area contributed by atoms with E-state index in [1.807, 2.05) is 16.7 Å². The molecule has 0 bridgehead atoms. The van der Waals surface area contributed by atoms with Crippen molar-refractivity contribution in [2.24, 2.45) is 0 Å². The Morgan fingerprint density at radius 2 is 2.14 bits per heavy atom. The van der Waals surface area contributed by atoms with Gasteiger partial charge in [0.15, 0.2) is 5.65 Å². The van der Waals surface area contributed by atoms with Crippen molar-refractivity contribution in [3.8, 4) is 0 Å². The summed E-state index contributed by atoms with van der Waals surface area (Å²) in [4.78, 5) is 0. The van der Waals surface area contributed by atoms with Gasteiger partial charge in [-0.2, -0.15) is 0 Å². The SMILES string of the molecule is CC(C)c1nnc2c(N)cc(Br)cn12. The van der Waals surface area contributed by atoms with Crippen molar-refractivity contribution >= 4 is 27.3 Å². The first-order chi connectivity index (χ1) is 6.59. The summed E-state index contributed by atoms with van der Waals surface area (Å²) in [5, 5.41) is 8.16. The van der Waals surface area contributed by atoms with E-state index >= 15 is 0 Å². The lowest BCUT2D eigenvalue weighted by atomic mass is 10.2. The number of pyridine rings is 1. The molecule has 2 N–H and O–H groups in total. The van der Waals surface area contributed by atoms with E-state index in [-0.39, 0.29) is 0 Å². The van der Waals surface area contributed by atoms with Gasteiger partial charge in [0.2, 0.25) is 0 Å². The highest BCUT2D eigenvalue weighted by atomic mass is 79.9. The molecule has 0 atom stereocenters. The molecule has 2 rings (SSSR count). The number of hydrogen-bond donors (Lipinski definition) is 1. The molecule has 2 aromatic heterocycles. The maximum absolute atomic E-state index is 5.82. The Morgan fingerprint density at radius 1 is 1.43 bits per heavy atom. The maximum Gasteiger partial charge on any atom is 0.184 e. The van der Waals surface area contributed by atoms with Gasteiger partial charge in [-0.3, -0.25) is 4.40 Å². The molecular formula is C9H11BrN4. The summed E-state index contributed by atoms with van der Waals surface area (Å²) >= 11 is 3.39. The molecule has 2 aromatic rings. The van der Waals surface area contributed by atoms with Crippen molar-refractivity contribution in [2.75, 3.05) is 5.73 Å². The normalized spacial score (nSPS) is 11.4. The number of nitrogens with two attached hydrogens (primary N) is 1. The summed E-state index contributed by atoms with van der Waals surface area (Å²) in [6.07, 6.45) is 1.93. The summed E-state index contributed by atoms with van der Waals surface area (Å²) in [7, 11) is 0. The van der Waals surface area contributed by atoms with Crippen molar-refractivity contribution in [3.05, 3.63) is 22.6 Å². The highest BCUT2D eigenvalue weighted by molar-refractivity contribution is 9.10. The van der Waals surface area contributed by atoms with Crippen LogP contribution in [-0.4, -0.2) is 14.6 Å². The Hall–Kier alpha value is -1.10. The number of aromatic nitrogens is 3. The van der Waals surface area contributed by atoms with Crippen LogP contribution in [0.5, 0.6) is 0 Å². The molecule has 0 aliphatic heterocycles. The number of nitrogens with zero attached hydrogens (tertiary/aromatic N) is 3. The Bertz CT molecular complexity index is 475. The Balaban J connectivity index is 2.78. The van der Waals surface area contributed by atoms with Gasteiger partial charge >= 0.3 is 0 Å². The third-order valence-corrected chi connectivity index (χ3v) is 2.48. The van der Waals surface area contributed by atoms with Crippen LogP contribution in [0.25, 0.3) is 5.65 Å². The van der Waals surface area contributed by atoms with Crippen molar-refractivity contribution in [2.45, 2.75) is 19.8 Å². The van der Waals surface area contributed by atoms with Crippen LogP contribution in [0, 0.1) is 0 Å². The largest absolute Gasteiger partial charge is 0.396 e. The number of fused-ring (bicyclic) bond motifs is 1. The van der Waals surface area contributed by atoms with E-state index in [0.29, 0.717) is 11.6 Å². The zero-order valence-electron chi connectivity index (χ0n) is 8.03. The quantitative estimate of drug-likeness (QED) is 0.849. The maximum atomic E-state index is 5.82. The van der Waals surface area contributed by atoms with Crippen molar-refractivity contribution in [1.82, 2.24) is 14.6 Å². The highest BCUT2D eigenvalue weighted by Crippen LogP contribution is 2.21. The van der Waals surface area contributed by atoms with Gasteiger partial charge in [0.1, 0.15) is 5.82 Å². The van der Waals surface area contributed by atoms with E-state index in [4.69, 9.17) is 5.73 Å². The lowest BCUT2D eigenvalue weighted by molar-refractivity contribution is 0.758. The number of halogens is 1. The van der Waals surface area contributed by atoms with Crippen molar-refractivity contribution in [1.29, 1.82) is 0 Å². The molecule has 0 aliphatic rings. The molecule has 0 fully saturated rings. The van der Waals surface area contributed by atoms with Gasteiger partial charge in [-0.05, 0) is 22.0 Å². The first kappa shape index (κ1) is 9.45. The van der Waals surface area contributed by atoms with Gasteiger partial charge < -0.3 is 5.73 Å². The van der Waals surface area contributed by atoms with Crippen LogP contribution < -0.4 is 5.73 Å². The summed E-state index contributed by atoms with van der Waals surface area (Å²) in [6, 6.07) is 1.83. The average molecular weight is 255 g/mol. The minimum atomic E-state index is 0.332. The molecule has 0 aromatic carbocycles. The van der Waals surface area contributed by atoms with Gasteiger partial charge in [-0.25, -0.2) is 0 Å².